The van der Waals surface area contributed by atoms with E-state index in [4.69, 9.17) is 5.73 Å². The van der Waals surface area contributed by atoms with Crippen molar-refractivity contribution in [2.45, 2.75) is 64.7 Å². The monoisotopic (exact) mass is 282 g/mol. The number of imide groups is 1. The summed E-state index contributed by atoms with van der Waals surface area (Å²) in [6, 6.07) is 0. The van der Waals surface area contributed by atoms with E-state index in [-0.39, 0.29) is 12.2 Å². The molecule has 0 saturated heterocycles. The Hall–Kier alpha value is -1.65. The zero-order valence-electron chi connectivity index (χ0n) is 12.3. The average molecular weight is 282 g/mol. The zero-order chi connectivity index (χ0) is 15.2. The van der Waals surface area contributed by atoms with Crippen LogP contribution in [-0.4, -0.2) is 17.6 Å². The van der Waals surface area contributed by atoms with Crippen LogP contribution in [0.15, 0.2) is 12.3 Å². The van der Waals surface area contributed by atoms with Crippen molar-refractivity contribution in [1.82, 2.24) is 5.32 Å². The van der Waals surface area contributed by atoms with Gasteiger partial charge in [0.05, 0.1) is 6.42 Å². The number of unbranched alkanes of at least 4 members (excludes halogenated alkanes) is 6. The molecular formula is C15H26N2O3. The molecule has 0 aliphatic heterocycles. The Morgan fingerprint density at radius 1 is 1.00 bits per heavy atom. The topological polar surface area (TPSA) is 89.3 Å². The Bertz CT molecular complexity index is 338. The van der Waals surface area contributed by atoms with Gasteiger partial charge in [0.2, 0.25) is 5.91 Å². The van der Waals surface area contributed by atoms with Crippen molar-refractivity contribution in [3.05, 3.63) is 12.3 Å². The van der Waals surface area contributed by atoms with Gasteiger partial charge in [-0.1, -0.05) is 45.4 Å². The van der Waals surface area contributed by atoms with Gasteiger partial charge in [0.25, 0.3) is 5.91 Å². The van der Waals surface area contributed by atoms with Crippen LogP contribution in [0.1, 0.15) is 64.7 Å². The predicted octanol–water partition coefficient (Wildman–Crippen LogP) is 2.20. The highest BCUT2D eigenvalue weighted by Gasteiger charge is 2.10. The number of amides is 2. The molecule has 0 atom stereocenters. The fourth-order valence-electron chi connectivity index (χ4n) is 1.86. The van der Waals surface area contributed by atoms with Crippen molar-refractivity contribution >= 4 is 17.6 Å². The highest BCUT2D eigenvalue weighted by atomic mass is 16.2. The first kappa shape index (κ1) is 18.4. The molecule has 2 amide bonds. The smallest absolute Gasteiger partial charge is 0.251 e. The van der Waals surface area contributed by atoms with Crippen LogP contribution in [0.25, 0.3) is 0 Å². The number of nitrogens with one attached hydrogen (secondary N) is 1. The van der Waals surface area contributed by atoms with E-state index in [2.05, 4.69) is 12.2 Å². The number of nitrogens with two attached hydrogens (primary N) is 1. The molecule has 0 radical (unpaired) electrons. The number of hydrogen-bond donors (Lipinski definition) is 2. The second-order valence-corrected chi connectivity index (χ2v) is 4.86. The fourth-order valence-corrected chi connectivity index (χ4v) is 1.86. The summed E-state index contributed by atoms with van der Waals surface area (Å²) in [7, 11) is 0. The van der Waals surface area contributed by atoms with Gasteiger partial charge in [-0.2, -0.15) is 0 Å². The van der Waals surface area contributed by atoms with E-state index in [1.165, 1.54) is 25.7 Å². The zero-order valence-corrected chi connectivity index (χ0v) is 12.3. The second-order valence-electron chi connectivity index (χ2n) is 4.86. The van der Waals surface area contributed by atoms with Gasteiger partial charge in [0.1, 0.15) is 5.78 Å². The van der Waals surface area contributed by atoms with Crippen molar-refractivity contribution in [3.8, 4) is 0 Å². The molecule has 5 heteroatoms. The molecule has 0 aromatic heterocycles. The summed E-state index contributed by atoms with van der Waals surface area (Å²) in [5.41, 5.74) is 5.01. The molecule has 0 aromatic rings. The number of carbonyl (C=O) groups excluding carboxylic acids is 3. The van der Waals surface area contributed by atoms with Gasteiger partial charge in [-0.25, -0.2) is 0 Å². The SMILES string of the molecule is CCCCCCCCCC(=O)CC(=O)NC(=O)C=CN. The summed E-state index contributed by atoms with van der Waals surface area (Å²) in [6.07, 6.45) is 10.2. The molecule has 0 bridgehead atoms. The van der Waals surface area contributed by atoms with Gasteiger partial charge in [0.15, 0.2) is 0 Å². The summed E-state index contributed by atoms with van der Waals surface area (Å²) in [6.45, 7) is 2.18. The number of Topliss-reactive ketones (excluding diaryl/α,β-unsaturated/α-hetero) is 1. The van der Waals surface area contributed by atoms with Crippen molar-refractivity contribution in [2.24, 2.45) is 5.73 Å². The van der Waals surface area contributed by atoms with E-state index in [1.54, 1.807) is 0 Å². The molecule has 0 rings (SSSR count). The Morgan fingerprint density at radius 3 is 2.20 bits per heavy atom. The maximum Gasteiger partial charge on any atom is 0.251 e. The van der Waals surface area contributed by atoms with Crippen molar-refractivity contribution < 1.29 is 14.4 Å². The Morgan fingerprint density at radius 2 is 1.60 bits per heavy atom. The first-order chi connectivity index (χ1) is 9.60. The Balaban J connectivity index is 3.58. The quantitative estimate of drug-likeness (QED) is 0.345. The van der Waals surface area contributed by atoms with E-state index < -0.39 is 11.8 Å². The molecule has 0 fully saturated rings. The third-order valence-corrected chi connectivity index (χ3v) is 2.93. The minimum Gasteiger partial charge on any atom is -0.404 e. The van der Waals surface area contributed by atoms with Crippen LogP contribution >= 0.6 is 0 Å². The molecule has 114 valence electrons. The lowest BCUT2D eigenvalue weighted by molar-refractivity contribution is -0.131. The maximum atomic E-state index is 11.5. The molecule has 5 nitrogen and oxygen atoms in total. The lowest BCUT2D eigenvalue weighted by atomic mass is 10.1. The maximum absolute atomic E-state index is 11.5. The minimum absolute atomic E-state index is 0.124. The number of carbonyl (C=O) groups is 3. The summed E-state index contributed by atoms with van der Waals surface area (Å²) in [5.74, 6) is -1.29. The highest BCUT2D eigenvalue weighted by molar-refractivity contribution is 6.07. The largest absolute Gasteiger partial charge is 0.404 e. The minimum atomic E-state index is -0.596. The number of rotatable bonds is 11. The third kappa shape index (κ3) is 11.4. The molecule has 20 heavy (non-hydrogen) atoms. The first-order valence-electron chi connectivity index (χ1n) is 7.34. The van der Waals surface area contributed by atoms with Crippen LogP contribution in [0.5, 0.6) is 0 Å². The summed E-state index contributed by atoms with van der Waals surface area (Å²) >= 11 is 0. The van der Waals surface area contributed by atoms with Crippen molar-refractivity contribution in [3.63, 3.8) is 0 Å². The summed E-state index contributed by atoms with van der Waals surface area (Å²) in [4.78, 5) is 33.8. The molecule has 0 spiro atoms. The predicted molar refractivity (Wildman–Crippen MR) is 78.7 cm³/mol. The molecule has 0 aromatic carbocycles. The number of ketones is 1. The number of hydrogen-bond acceptors (Lipinski definition) is 4. The Labute approximate surface area is 121 Å². The van der Waals surface area contributed by atoms with Crippen LogP contribution in [0.3, 0.4) is 0 Å². The van der Waals surface area contributed by atoms with Crippen LogP contribution < -0.4 is 11.1 Å². The van der Waals surface area contributed by atoms with Crippen LogP contribution in [-0.2, 0) is 14.4 Å². The van der Waals surface area contributed by atoms with Crippen LogP contribution in [0.4, 0.5) is 0 Å². The average Bonchev–Trinajstić information content (AvgIpc) is 2.37. The van der Waals surface area contributed by atoms with E-state index in [1.807, 2.05) is 0 Å². The molecular weight excluding hydrogens is 256 g/mol. The first-order valence-corrected chi connectivity index (χ1v) is 7.34. The molecule has 0 saturated carbocycles. The van der Waals surface area contributed by atoms with Gasteiger partial charge < -0.3 is 5.73 Å². The standard InChI is InChI=1S/C15H26N2O3/c1-2-3-4-5-6-7-8-9-13(18)12-15(20)17-14(19)10-11-16/h10-11H,2-9,12,16H2,1H3,(H,17,19,20). The molecule has 0 unspecified atom stereocenters. The van der Waals surface area contributed by atoms with Gasteiger partial charge in [0, 0.05) is 12.5 Å². The second kappa shape index (κ2) is 12.4. The van der Waals surface area contributed by atoms with Crippen LogP contribution in [0, 0.1) is 0 Å². The van der Waals surface area contributed by atoms with E-state index in [0.29, 0.717) is 6.42 Å². The Kier molecular flexibility index (Phi) is 11.4. The molecule has 3 N–H and O–H groups in total. The van der Waals surface area contributed by atoms with E-state index >= 15 is 0 Å². The van der Waals surface area contributed by atoms with Crippen LogP contribution in [0.2, 0.25) is 0 Å². The molecule has 0 heterocycles. The van der Waals surface area contributed by atoms with Crippen molar-refractivity contribution in [2.75, 3.05) is 0 Å². The van der Waals surface area contributed by atoms with E-state index in [9.17, 15) is 14.4 Å². The van der Waals surface area contributed by atoms with Gasteiger partial charge in [-0.15, -0.1) is 0 Å². The normalized spacial score (nSPS) is 10.7. The molecule has 0 aliphatic carbocycles. The van der Waals surface area contributed by atoms with Gasteiger partial charge in [-0.3, -0.25) is 19.7 Å². The highest BCUT2D eigenvalue weighted by Crippen LogP contribution is 2.09. The summed E-state index contributed by atoms with van der Waals surface area (Å²) < 4.78 is 0. The summed E-state index contributed by atoms with van der Waals surface area (Å²) in [5, 5.41) is 2.07. The van der Waals surface area contributed by atoms with Gasteiger partial charge >= 0.3 is 0 Å². The van der Waals surface area contributed by atoms with E-state index in [0.717, 1.165) is 31.5 Å². The third-order valence-electron chi connectivity index (χ3n) is 2.93. The lowest BCUT2D eigenvalue weighted by Crippen LogP contribution is -2.30. The van der Waals surface area contributed by atoms with Gasteiger partial charge in [-0.05, 0) is 12.6 Å². The fraction of sp³-hybridized carbons (Fsp3) is 0.667. The van der Waals surface area contributed by atoms with Crippen molar-refractivity contribution in [1.29, 1.82) is 0 Å². The lowest BCUT2D eigenvalue weighted by Gasteiger charge is -2.02. The molecule has 0 aliphatic rings.